The number of hydrogen-bond donors (Lipinski definition) is 0. The molecule has 1 aromatic carbocycles. The molecule has 34 heavy (non-hydrogen) atoms. The molecule has 4 fully saturated rings. The average Bonchev–Trinajstić information content (AvgIpc) is 3.49. The number of rotatable bonds is 5. The van der Waals surface area contributed by atoms with Gasteiger partial charge in [-0.2, -0.15) is 0 Å². The molecule has 9 nitrogen and oxygen atoms in total. The van der Waals surface area contributed by atoms with Crippen molar-refractivity contribution in [1.29, 1.82) is 0 Å². The van der Waals surface area contributed by atoms with Gasteiger partial charge in [0.15, 0.2) is 0 Å². The number of benzene rings is 1. The molecule has 0 radical (unpaired) electrons. The summed E-state index contributed by atoms with van der Waals surface area (Å²) in [6.45, 7) is 11.7. The van der Waals surface area contributed by atoms with Crippen molar-refractivity contribution in [2.45, 2.75) is 39.2 Å². The molecule has 0 spiro atoms. The van der Waals surface area contributed by atoms with E-state index in [-0.39, 0.29) is 12.8 Å². The summed E-state index contributed by atoms with van der Waals surface area (Å²) in [5.41, 5.74) is 4.01. The topological polar surface area (TPSA) is 82.6 Å². The number of carbonyl (C=O) groups excluding carboxylic acids is 3. The van der Waals surface area contributed by atoms with Gasteiger partial charge in [-0.05, 0) is 34.9 Å². The van der Waals surface area contributed by atoms with Crippen molar-refractivity contribution in [2.75, 3.05) is 57.4 Å². The van der Waals surface area contributed by atoms with Crippen molar-refractivity contribution in [2.24, 2.45) is 11.8 Å². The fraction of sp³-hybridized carbons (Fsp3) is 0.640. The lowest BCUT2D eigenvalue weighted by Crippen LogP contribution is -2.40. The van der Waals surface area contributed by atoms with Gasteiger partial charge in [-0.15, -0.1) is 5.06 Å². The van der Waals surface area contributed by atoms with Gasteiger partial charge in [0.05, 0.1) is 13.2 Å². The minimum absolute atomic E-state index is 0.108. The van der Waals surface area contributed by atoms with Crippen LogP contribution in [0.3, 0.4) is 0 Å². The molecule has 0 aliphatic carbocycles. The van der Waals surface area contributed by atoms with Crippen LogP contribution in [0.25, 0.3) is 0 Å². The molecule has 5 rings (SSSR count). The highest BCUT2D eigenvalue weighted by Crippen LogP contribution is 2.34. The monoisotopic (exact) mass is 470 g/mol. The van der Waals surface area contributed by atoms with Gasteiger partial charge in [0.2, 0.25) is 0 Å². The van der Waals surface area contributed by atoms with Crippen LogP contribution in [0.5, 0.6) is 0 Å². The third-order valence-corrected chi connectivity index (χ3v) is 7.52. The number of imide groups is 1. The van der Waals surface area contributed by atoms with E-state index in [0.29, 0.717) is 35.9 Å². The number of ether oxygens (including phenoxy) is 1. The maximum absolute atomic E-state index is 12.5. The van der Waals surface area contributed by atoms with E-state index in [0.717, 1.165) is 45.9 Å². The molecule has 2 unspecified atom stereocenters. The van der Waals surface area contributed by atoms with E-state index in [1.165, 1.54) is 16.8 Å². The fourth-order valence-corrected chi connectivity index (χ4v) is 5.58. The second kappa shape index (κ2) is 9.54. The number of anilines is 1. The lowest BCUT2D eigenvalue weighted by Gasteiger charge is -2.32. The van der Waals surface area contributed by atoms with Crippen LogP contribution in [0.4, 0.5) is 10.5 Å². The van der Waals surface area contributed by atoms with Crippen molar-refractivity contribution in [3.05, 3.63) is 29.3 Å². The molecule has 184 valence electrons. The Morgan fingerprint density at radius 1 is 1.03 bits per heavy atom. The van der Waals surface area contributed by atoms with Gasteiger partial charge in [0, 0.05) is 64.3 Å². The van der Waals surface area contributed by atoms with Gasteiger partial charge in [-0.25, -0.2) is 4.79 Å². The van der Waals surface area contributed by atoms with Crippen molar-refractivity contribution < 1.29 is 24.0 Å². The van der Waals surface area contributed by atoms with Gasteiger partial charge in [-0.1, -0.05) is 26.0 Å². The van der Waals surface area contributed by atoms with Crippen LogP contribution in [-0.4, -0.2) is 85.3 Å². The molecular weight excluding hydrogens is 436 g/mol. The molecule has 2 atom stereocenters. The lowest BCUT2D eigenvalue weighted by molar-refractivity contribution is -0.173. The smallest absolute Gasteiger partial charge is 0.378 e. The van der Waals surface area contributed by atoms with Crippen LogP contribution in [-0.2, 0) is 25.7 Å². The van der Waals surface area contributed by atoms with Gasteiger partial charge >= 0.3 is 6.09 Å². The number of hydroxylamine groups is 2. The largest absolute Gasteiger partial charge is 0.434 e. The summed E-state index contributed by atoms with van der Waals surface area (Å²) < 4.78 is 5.57. The maximum atomic E-state index is 12.5. The van der Waals surface area contributed by atoms with E-state index in [1.807, 2.05) is 0 Å². The molecular formula is C25H34N4O5. The average molecular weight is 471 g/mol. The Labute approximate surface area is 200 Å². The Morgan fingerprint density at radius 2 is 1.68 bits per heavy atom. The van der Waals surface area contributed by atoms with E-state index >= 15 is 0 Å². The Balaban J connectivity index is 1.20. The number of likely N-dealkylation sites (tertiary alicyclic amines) is 2. The molecule has 4 heterocycles. The molecule has 0 N–H and O–H groups in total. The van der Waals surface area contributed by atoms with Gasteiger partial charge in [0.25, 0.3) is 11.8 Å². The summed E-state index contributed by atoms with van der Waals surface area (Å²) in [6.07, 6.45) is -0.378. The number of amides is 3. The van der Waals surface area contributed by atoms with Crippen LogP contribution in [0.2, 0.25) is 0 Å². The number of hydrogen-bond acceptors (Lipinski definition) is 7. The van der Waals surface area contributed by atoms with E-state index < -0.39 is 17.9 Å². The molecule has 0 bridgehead atoms. The summed E-state index contributed by atoms with van der Waals surface area (Å²) in [6, 6.07) is 6.88. The third-order valence-electron chi connectivity index (χ3n) is 7.52. The molecule has 0 saturated carbocycles. The van der Waals surface area contributed by atoms with Crippen LogP contribution >= 0.6 is 0 Å². The zero-order chi connectivity index (χ0) is 23.8. The highest BCUT2D eigenvalue weighted by atomic mass is 16.7. The molecule has 4 aliphatic heterocycles. The zero-order valence-corrected chi connectivity index (χ0v) is 20.1. The van der Waals surface area contributed by atoms with Crippen molar-refractivity contribution in [3.63, 3.8) is 0 Å². The van der Waals surface area contributed by atoms with Crippen LogP contribution < -0.4 is 4.90 Å². The second-order valence-corrected chi connectivity index (χ2v) is 10.2. The molecule has 3 amide bonds. The number of morpholine rings is 1. The third kappa shape index (κ3) is 4.63. The first-order valence-corrected chi connectivity index (χ1v) is 12.4. The van der Waals surface area contributed by atoms with Crippen LogP contribution in [0.1, 0.15) is 43.7 Å². The zero-order valence-electron chi connectivity index (χ0n) is 20.1. The standard InChI is InChI=1S/C25H34N4O5/c1-17(2)18-3-4-19(22(11-18)27-7-9-33-10-8-27)12-26-13-20-15-28(16-21(20)14-26)25(32)34-29-23(30)5-6-24(29)31/h3-4,11,17,20-21H,5-10,12-16H2,1-2H3. The maximum Gasteiger partial charge on any atom is 0.434 e. The predicted molar refractivity (Wildman–Crippen MR) is 125 cm³/mol. The van der Waals surface area contributed by atoms with E-state index in [4.69, 9.17) is 9.57 Å². The first-order chi connectivity index (χ1) is 16.4. The Bertz CT molecular complexity index is 931. The molecule has 4 aliphatic rings. The van der Waals surface area contributed by atoms with Crippen LogP contribution in [0, 0.1) is 11.8 Å². The molecule has 4 saturated heterocycles. The minimum atomic E-state index is -0.594. The van der Waals surface area contributed by atoms with Crippen LogP contribution in [0.15, 0.2) is 18.2 Å². The quantitative estimate of drug-likeness (QED) is 0.610. The van der Waals surface area contributed by atoms with Crippen molar-refractivity contribution in [3.8, 4) is 0 Å². The lowest BCUT2D eigenvalue weighted by atomic mass is 9.99. The van der Waals surface area contributed by atoms with Crippen molar-refractivity contribution in [1.82, 2.24) is 14.9 Å². The SMILES string of the molecule is CC(C)c1ccc(CN2CC3CN(C(=O)ON4C(=O)CCC4=O)CC3C2)c(N2CCOCC2)c1. The molecule has 0 aromatic heterocycles. The highest BCUT2D eigenvalue weighted by molar-refractivity contribution is 6.01. The molecule has 9 heteroatoms. The number of fused-ring (bicyclic) bond motifs is 1. The van der Waals surface area contributed by atoms with Crippen molar-refractivity contribution >= 4 is 23.6 Å². The molecule has 1 aromatic rings. The summed E-state index contributed by atoms with van der Waals surface area (Å²) in [4.78, 5) is 47.7. The first-order valence-electron chi connectivity index (χ1n) is 12.4. The Hall–Kier alpha value is -2.65. The Kier molecular flexibility index (Phi) is 6.48. The first kappa shape index (κ1) is 23.1. The second-order valence-electron chi connectivity index (χ2n) is 10.2. The normalized spacial score (nSPS) is 25.6. The summed E-state index contributed by atoms with van der Waals surface area (Å²) in [5.74, 6) is 0.349. The van der Waals surface area contributed by atoms with Gasteiger partial charge in [0.1, 0.15) is 0 Å². The van der Waals surface area contributed by atoms with E-state index in [9.17, 15) is 14.4 Å². The summed E-state index contributed by atoms with van der Waals surface area (Å²) >= 11 is 0. The highest BCUT2D eigenvalue weighted by Gasteiger charge is 2.43. The van der Waals surface area contributed by atoms with E-state index in [1.54, 1.807) is 4.90 Å². The summed E-state index contributed by atoms with van der Waals surface area (Å²) in [5, 5.41) is 0.636. The van der Waals surface area contributed by atoms with E-state index in [2.05, 4.69) is 41.8 Å². The number of carbonyl (C=O) groups is 3. The predicted octanol–water partition coefficient (Wildman–Crippen LogP) is 2.21. The van der Waals surface area contributed by atoms with Gasteiger partial charge < -0.3 is 19.4 Å². The number of nitrogens with zero attached hydrogens (tertiary/aromatic N) is 4. The fourth-order valence-electron chi connectivity index (χ4n) is 5.58. The Morgan fingerprint density at radius 3 is 2.29 bits per heavy atom. The van der Waals surface area contributed by atoms with Gasteiger partial charge in [-0.3, -0.25) is 14.5 Å². The minimum Gasteiger partial charge on any atom is -0.378 e. The summed E-state index contributed by atoms with van der Waals surface area (Å²) in [7, 11) is 0.